The van der Waals surface area contributed by atoms with E-state index in [2.05, 4.69) is 11.5 Å². The first-order valence-corrected chi connectivity index (χ1v) is 7.21. The summed E-state index contributed by atoms with van der Waals surface area (Å²) in [7, 11) is 1.89. The Bertz CT molecular complexity index is 697. The van der Waals surface area contributed by atoms with Crippen molar-refractivity contribution in [1.82, 2.24) is 10.4 Å². The van der Waals surface area contributed by atoms with Crippen LogP contribution in [0, 0.1) is 11.3 Å². The Hall–Kier alpha value is -2.71. The first-order valence-electron chi connectivity index (χ1n) is 7.21. The van der Waals surface area contributed by atoms with Crippen molar-refractivity contribution in [2.45, 2.75) is 18.9 Å². The maximum atomic E-state index is 9.28. The average Bonchev–Trinajstić information content (AvgIpc) is 2.83. The maximum absolute atomic E-state index is 9.28. The lowest BCUT2D eigenvalue weighted by Crippen LogP contribution is -2.37. The van der Waals surface area contributed by atoms with Gasteiger partial charge in [-0.2, -0.15) is 5.26 Å². The molecule has 1 unspecified atom stereocenters. The Morgan fingerprint density at radius 3 is 2.68 bits per heavy atom. The molecule has 0 amide bonds. The third-order valence-electron chi connectivity index (χ3n) is 3.85. The van der Waals surface area contributed by atoms with Gasteiger partial charge >= 0.3 is 0 Å². The molecule has 5 nitrogen and oxygen atoms in total. The number of hydrogen-bond donors (Lipinski definition) is 2. The molecule has 0 bridgehead atoms. The van der Waals surface area contributed by atoms with E-state index >= 15 is 0 Å². The standard InChI is InChI=1S/C17H18N4O/c1-21-16(15(11-18)17(19)20-21)12-7-9-14(10-8-12)22-13-5-3-2-4-6-13/h2-7,9,16,20H,8,10,19H2,1H3. The molecule has 22 heavy (non-hydrogen) atoms. The van der Waals surface area contributed by atoms with Gasteiger partial charge < -0.3 is 15.9 Å². The molecule has 0 saturated carbocycles. The summed E-state index contributed by atoms with van der Waals surface area (Å²) in [6.07, 6.45) is 5.65. The van der Waals surface area contributed by atoms with E-state index in [1.165, 1.54) is 0 Å². The zero-order chi connectivity index (χ0) is 15.5. The van der Waals surface area contributed by atoms with Crippen LogP contribution >= 0.6 is 0 Å². The Labute approximate surface area is 129 Å². The number of nitrogens with two attached hydrogens (primary N) is 1. The molecule has 1 heterocycles. The number of hydrazine groups is 1. The highest BCUT2D eigenvalue weighted by Crippen LogP contribution is 2.30. The SMILES string of the molecule is CN1NC(N)=C(C#N)C1C1=CC=C(Oc2ccccc2)CC1. The molecule has 112 valence electrons. The van der Waals surface area contributed by atoms with Crippen molar-refractivity contribution in [3.63, 3.8) is 0 Å². The minimum atomic E-state index is -0.0977. The smallest absolute Gasteiger partial charge is 0.127 e. The zero-order valence-electron chi connectivity index (χ0n) is 12.4. The van der Waals surface area contributed by atoms with Crippen LogP contribution in [-0.4, -0.2) is 18.1 Å². The lowest BCUT2D eigenvalue weighted by molar-refractivity contribution is 0.262. The topological polar surface area (TPSA) is 74.3 Å². The van der Waals surface area contributed by atoms with Gasteiger partial charge in [0.15, 0.2) is 0 Å². The van der Waals surface area contributed by atoms with E-state index in [9.17, 15) is 5.26 Å². The van der Waals surface area contributed by atoms with E-state index < -0.39 is 0 Å². The van der Waals surface area contributed by atoms with Crippen molar-refractivity contribution < 1.29 is 4.74 Å². The molecule has 1 aromatic carbocycles. The van der Waals surface area contributed by atoms with Crippen LogP contribution in [0.2, 0.25) is 0 Å². The number of nitrogens with one attached hydrogen (secondary N) is 1. The quantitative estimate of drug-likeness (QED) is 0.894. The van der Waals surface area contributed by atoms with Crippen LogP contribution in [0.15, 0.2) is 65.2 Å². The predicted octanol–water partition coefficient (Wildman–Crippen LogP) is 2.18. The van der Waals surface area contributed by atoms with Crippen LogP contribution in [0.4, 0.5) is 0 Å². The van der Waals surface area contributed by atoms with Crippen molar-refractivity contribution in [3.05, 3.63) is 65.2 Å². The summed E-state index contributed by atoms with van der Waals surface area (Å²) in [5.41, 5.74) is 10.6. The Balaban J connectivity index is 1.77. The molecule has 0 saturated heterocycles. The summed E-state index contributed by atoms with van der Waals surface area (Å²) in [5, 5.41) is 11.2. The van der Waals surface area contributed by atoms with E-state index in [1.807, 2.05) is 54.5 Å². The van der Waals surface area contributed by atoms with Gasteiger partial charge in [0.05, 0.1) is 11.6 Å². The number of para-hydroxylation sites is 1. The summed E-state index contributed by atoms with van der Waals surface area (Å²) < 4.78 is 5.85. The molecule has 3 rings (SSSR count). The summed E-state index contributed by atoms with van der Waals surface area (Å²) in [4.78, 5) is 0. The van der Waals surface area contributed by atoms with Gasteiger partial charge in [0, 0.05) is 13.5 Å². The number of rotatable bonds is 3. The van der Waals surface area contributed by atoms with Crippen LogP contribution in [0.1, 0.15) is 12.8 Å². The van der Waals surface area contributed by atoms with Crippen LogP contribution in [0.3, 0.4) is 0 Å². The van der Waals surface area contributed by atoms with E-state index in [-0.39, 0.29) is 6.04 Å². The molecule has 1 aliphatic carbocycles. The summed E-state index contributed by atoms with van der Waals surface area (Å²) >= 11 is 0. The second-order valence-corrected chi connectivity index (χ2v) is 5.35. The fourth-order valence-electron chi connectivity index (χ4n) is 2.80. The van der Waals surface area contributed by atoms with Crippen LogP contribution < -0.4 is 15.9 Å². The highest BCUT2D eigenvalue weighted by atomic mass is 16.5. The van der Waals surface area contributed by atoms with Crippen molar-refractivity contribution in [3.8, 4) is 11.8 Å². The second-order valence-electron chi connectivity index (χ2n) is 5.35. The van der Waals surface area contributed by atoms with E-state index in [1.54, 1.807) is 0 Å². The Kier molecular flexibility index (Phi) is 3.86. The van der Waals surface area contributed by atoms with Crippen molar-refractivity contribution in [2.75, 3.05) is 7.05 Å². The highest BCUT2D eigenvalue weighted by Gasteiger charge is 2.32. The van der Waals surface area contributed by atoms with Crippen molar-refractivity contribution in [1.29, 1.82) is 5.26 Å². The van der Waals surface area contributed by atoms with Crippen molar-refractivity contribution >= 4 is 0 Å². The molecule has 2 aliphatic rings. The first kappa shape index (κ1) is 14.2. The molecule has 0 radical (unpaired) electrons. The molecule has 0 aromatic heterocycles. The zero-order valence-corrected chi connectivity index (χ0v) is 12.4. The minimum absolute atomic E-state index is 0.0977. The largest absolute Gasteiger partial charge is 0.462 e. The van der Waals surface area contributed by atoms with Gasteiger partial charge in [-0.25, -0.2) is 5.01 Å². The summed E-state index contributed by atoms with van der Waals surface area (Å²) in [6, 6.07) is 11.8. The van der Waals surface area contributed by atoms with Gasteiger partial charge in [0.2, 0.25) is 0 Å². The highest BCUT2D eigenvalue weighted by molar-refractivity contribution is 5.43. The summed E-state index contributed by atoms with van der Waals surface area (Å²) in [6.45, 7) is 0. The fraction of sp³-hybridized carbons (Fsp3) is 0.235. The molecular weight excluding hydrogens is 276 g/mol. The average molecular weight is 294 g/mol. The predicted molar refractivity (Wildman–Crippen MR) is 84.0 cm³/mol. The maximum Gasteiger partial charge on any atom is 0.127 e. The van der Waals surface area contributed by atoms with Gasteiger partial charge in [-0.15, -0.1) is 0 Å². The van der Waals surface area contributed by atoms with Crippen LogP contribution in [0.5, 0.6) is 5.75 Å². The number of allylic oxidation sites excluding steroid dienone is 3. The Morgan fingerprint density at radius 1 is 1.27 bits per heavy atom. The number of ether oxygens (including phenoxy) is 1. The van der Waals surface area contributed by atoms with Gasteiger partial charge in [-0.3, -0.25) is 0 Å². The number of nitriles is 1. The molecule has 1 atom stereocenters. The van der Waals surface area contributed by atoms with Crippen molar-refractivity contribution in [2.24, 2.45) is 5.73 Å². The van der Waals surface area contributed by atoms with Crippen LogP contribution in [0.25, 0.3) is 0 Å². The second kappa shape index (κ2) is 5.96. The van der Waals surface area contributed by atoms with E-state index in [4.69, 9.17) is 10.5 Å². The van der Waals surface area contributed by atoms with E-state index in [0.29, 0.717) is 11.4 Å². The van der Waals surface area contributed by atoms with Crippen LogP contribution in [-0.2, 0) is 0 Å². The third-order valence-corrected chi connectivity index (χ3v) is 3.85. The number of likely N-dealkylation sites (N-methyl/N-ethyl adjacent to an activating group) is 1. The molecule has 0 spiro atoms. The fourth-order valence-corrected chi connectivity index (χ4v) is 2.80. The van der Waals surface area contributed by atoms with E-state index in [0.717, 1.165) is 29.9 Å². The monoisotopic (exact) mass is 294 g/mol. The molecule has 5 heteroatoms. The third kappa shape index (κ3) is 2.69. The Morgan fingerprint density at radius 2 is 2.05 bits per heavy atom. The first-order chi connectivity index (χ1) is 10.7. The molecule has 1 aromatic rings. The molecule has 0 fully saturated rings. The molecule has 1 aliphatic heterocycles. The number of hydrogen-bond acceptors (Lipinski definition) is 5. The van der Waals surface area contributed by atoms with Gasteiger partial charge in [-0.1, -0.05) is 24.3 Å². The summed E-state index contributed by atoms with van der Waals surface area (Å²) in [5.74, 6) is 2.21. The van der Waals surface area contributed by atoms with Gasteiger partial charge in [0.1, 0.15) is 23.4 Å². The number of benzene rings is 1. The van der Waals surface area contributed by atoms with Gasteiger partial charge in [-0.05, 0) is 30.2 Å². The molecule has 3 N–H and O–H groups in total. The lowest BCUT2D eigenvalue weighted by Gasteiger charge is -2.25. The minimum Gasteiger partial charge on any atom is -0.462 e. The number of nitrogens with zero attached hydrogens (tertiary/aromatic N) is 2. The lowest BCUT2D eigenvalue weighted by atomic mass is 9.92. The van der Waals surface area contributed by atoms with Gasteiger partial charge in [0.25, 0.3) is 0 Å². The molecular formula is C17H18N4O. The normalized spacial score (nSPS) is 21.7.